The zero-order valence-electron chi connectivity index (χ0n) is 19.0. The molecular weight excluding hydrogens is 420 g/mol. The van der Waals surface area contributed by atoms with Crippen LogP contribution < -0.4 is 14.2 Å². The number of ether oxygens (including phenoxy) is 4. The van der Waals surface area contributed by atoms with E-state index in [2.05, 4.69) is 0 Å². The fourth-order valence-corrected chi connectivity index (χ4v) is 3.13. The molecule has 0 spiro atoms. The zero-order valence-corrected chi connectivity index (χ0v) is 19.0. The summed E-state index contributed by atoms with van der Waals surface area (Å²) in [6.45, 7) is 4.70. The Labute approximate surface area is 194 Å². The Morgan fingerprint density at radius 3 is 1.82 bits per heavy atom. The molecule has 0 aromatic heterocycles. The minimum absolute atomic E-state index is 0.142. The maximum absolute atomic E-state index is 11.3. The topological polar surface area (TPSA) is 74.2 Å². The highest BCUT2D eigenvalue weighted by Gasteiger charge is 2.20. The standard InChI is InChI=1S/C27H30O6/c1-20(2)32-26(27(28)29)19-21-9-11-22(12-10-21)30-17-6-18-31-23-13-15-25(16-14-23)33-24-7-4-3-5-8-24/h3-5,7-16,20,26H,6,17-19H2,1-2H3,(H,28,29). The van der Waals surface area contributed by atoms with Gasteiger partial charge in [-0.15, -0.1) is 0 Å². The van der Waals surface area contributed by atoms with Crippen molar-refractivity contribution in [2.24, 2.45) is 0 Å². The average molecular weight is 451 g/mol. The third-order valence-electron chi connectivity index (χ3n) is 4.69. The van der Waals surface area contributed by atoms with Crippen molar-refractivity contribution in [2.45, 2.75) is 38.9 Å². The zero-order chi connectivity index (χ0) is 23.5. The summed E-state index contributed by atoms with van der Waals surface area (Å²) < 4.78 is 22.7. The summed E-state index contributed by atoms with van der Waals surface area (Å²) in [6, 6.07) is 24.6. The Morgan fingerprint density at radius 2 is 1.27 bits per heavy atom. The van der Waals surface area contributed by atoms with E-state index in [9.17, 15) is 9.90 Å². The lowest BCUT2D eigenvalue weighted by Crippen LogP contribution is -2.29. The monoisotopic (exact) mass is 450 g/mol. The molecule has 0 aliphatic heterocycles. The van der Waals surface area contributed by atoms with E-state index >= 15 is 0 Å². The van der Waals surface area contributed by atoms with Gasteiger partial charge in [0.15, 0.2) is 6.10 Å². The van der Waals surface area contributed by atoms with Crippen LogP contribution >= 0.6 is 0 Å². The molecule has 0 aliphatic carbocycles. The normalized spacial score (nSPS) is 11.7. The smallest absolute Gasteiger partial charge is 0.333 e. The van der Waals surface area contributed by atoms with Crippen LogP contribution in [-0.4, -0.2) is 36.5 Å². The molecule has 1 unspecified atom stereocenters. The van der Waals surface area contributed by atoms with E-state index in [0.717, 1.165) is 35.0 Å². The highest BCUT2D eigenvalue weighted by atomic mass is 16.5. The van der Waals surface area contributed by atoms with Crippen LogP contribution in [0.15, 0.2) is 78.9 Å². The molecule has 6 nitrogen and oxygen atoms in total. The molecule has 3 aromatic rings. The Bertz CT molecular complexity index is 968. The van der Waals surface area contributed by atoms with E-state index in [1.54, 1.807) is 0 Å². The maximum Gasteiger partial charge on any atom is 0.333 e. The van der Waals surface area contributed by atoms with Gasteiger partial charge in [-0.25, -0.2) is 4.79 Å². The fourth-order valence-electron chi connectivity index (χ4n) is 3.13. The molecule has 0 aliphatic rings. The summed E-state index contributed by atoms with van der Waals surface area (Å²) in [5.41, 5.74) is 0.887. The van der Waals surface area contributed by atoms with E-state index in [1.807, 2.05) is 92.7 Å². The molecule has 0 radical (unpaired) electrons. The molecule has 1 N–H and O–H groups in total. The highest BCUT2D eigenvalue weighted by molar-refractivity contribution is 5.72. The number of carbonyl (C=O) groups is 1. The van der Waals surface area contributed by atoms with Gasteiger partial charge in [-0.05, 0) is 67.9 Å². The van der Waals surface area contributed by atoms with Crippen LogP contribution in [0.3, 0.4) is 0 Å². The maximum atomic E-state index is 11.3. The molecule has 3 aromatic carbocycles. The van der Waals surface area contributed by atoms with E-state index in [-0.39, 0.29) is 6.10 Å². The van der Waals surface area contributed by atoms with Crippen molar-refractivity contribution in [2.75, 3.05) is 13.2 Å². The van der Waals surface area contributed by atoms with Crippen molar-refractivity contribution in [3.63, 3.8) is 0 Å². The molecular formula is C27H30O6. The second-order valence-electron chi connectivity index (χ2n) is 7.80. The first-order valence-electron chi connectivity index (χ1n) is 11.1. The number of hydrogen-bond acceptors (Lipinski definition) is 5. The van der Waals surface area contributed by atoms with Crippen molar-refractivity contribution in [3.05, 3.63) is 84.4 Å². The van der Waals surface area contributed by atoms with Crippen molar-refractivity contribution in [3.8, 4) is 23.0 Å². The van der Waals surface area contributed by atoms with Crippen molar-refractivity contribution >= 4 is 5.97 Å². The van der Waals surface area contributed by atoms with Crippen molar-refractivity contribution in [1.29, 1.82) is 0 Å². The van der Waals surface area contributed by atoms with Gasteiger partial charge in [0.05, 0.1) is 19.3 Å². The van der Waals surface area contributed by atoms with Gasteiger partial charge in [0.2, 0.25) is 0 Å². The number of benzene rings is 3. The lowest BCUT2D eigenvalue weighted by molar-refractivity contribution is -0.153. The Hall–Kier alpha value is -3.51. The second kappa shape index (κ2) is 12.5. The molecule has 0 bridgehead atoms. The molecule has 1 atom stereocenters. The van der Waals surface area contributed by atoms with Gasteiger partial charge in [-0.1, -0.05) is 30.3 Å². The van der Waals surface area contributed by atoms with Crippen LogP contribution in [0, 0.1) is 0 Å². The second-order valence-corrected chi connectivity index (χ2v) is 7.80. The first kappa shape index (κ1) is 24.1. The van der Waals surface area contributed by atoms with Crippen LogP contribution in [-0.2, 0) is 16.0 Å². The van der Waals surface area contributed by atoms with Crippen molar-refractivity contribution < 1.29 is 28.8 Å². The van der Waals surface area contributed by atoms with Crippen LogP contribution in [0.4, 0.5) is 0 Å². The summed E-state index contributed by atoms with van der Waals surface area (Å²) in [5, 5.41) is 9.29. The van der Waals surface area contributed by atoms with Gasteiger partial charge >= 0.3 is 5.97 Å². The number of aliphatic carboxylic acids is 1. The molecule has 0 saturated carbocycles. The largest absolute Gasteiger partial charge is 0.493 e. The van der Waals surface area contributed by atoms with E-state index < -0.39 is 12.1 Å². The minimum Gasteiger partial charge on any atom is -0.493 e. The minimum atomic E-state index is -0.956. The van der Waals surface area contributed by atoms with Crippen LogP contribution in [0.1, 0.15) is 25.8 Å². The van der Waals surface area contributed by atoms with Gasteiger partial charge in [0.1, 0.15) is 23.0 Å². The summed E-state index contributed by atoms with van der Waals surface area (Å²) in [7, 11) is 0. The highest BCUT2D eigenvalue weighted by Crippen LogP contribution is 2.23. The first-order valence-corrected chi connectivity index (χ1v) is 11.1. The number of rotatable bonds is 13. The third-order valence-corrected chi connectivity index (χ3v) is 4.69. The quantitative estimate of drug-likeness (QED) is 0.334. The lowest BCUT2D eigenvalue weighted by Gasteiger charge is -2.16. The summed E-state index contributed by atoms with van der Waals surface area (Å²) in [5.74, 6) is 2.10. The number of carboxylic acid groups (broad SMARTS) is 1. The molecule has 0 amide bonds. The molecule has 0 fully saturated rings. The number of carboxylic acids is 1. The Balaban J connectivity index is 1.35. The predicted octanol–water partition coefficient (Wildman–Crippen LogP) is 5.75. The van der Waals surface area contributed by atoms with Gasteiger partial charge in [0.25, 0.3) is 0 Å². The van der Waals surface area contributed by atoms with Gasteiger partial charge < -0.3 is 24.1 Å². The van der Waals surface area contributed by atoms with Crippen LogP contribution in [0.25, 0.3) is 0 Å². The van der Waals surface area contributed by atoms with E-state index in [1.165, 1.54) is 0 Å². The van der Waals surface area contributed by atoms with Gasteiger partial charge in [0, 0.05) is 12.8 Å². The van der Waals surface area contributed by atoms with Crippen molar-refractivity contribution in [1.82, 2.24) is 0 Å². The first-order chi connectivity index (χ1) is 16.0. The fraction of sp³-hybridized carbons (Fsp3) is 0.296. The lowest BCUT2D eigenvalue weighted by atomic mass is 10.1. The summed E-state index contributed by atoms with van der Waals surface area (Å²) >= 11 is 0. The van der Waals surface area contributed by atoms with Gasteiger partial charge in [-0.2, -0.15) is 0 Å². The SMILES string of the molecule is CC(C)OC(Cc1ccc(OCCCOc2ccc(Oc3ccccc3)cc2)cc1)C(=O)O. The molecule has 3 rings (SSSR count). The van der Waals surface area contributed by atoms with Crippen LogP contribution in [0.2, 0.25) is 0 Å². The third kappa shape index (κ3) is 8.50. The van der Waals surface area contributed by atoms with Crippen LogP contribution in [0.5, 0.6) is 23.0 Å². The summed E-state index contributed by atoms with van der Waals surface area (Å²) in [6.07, 6.45) is 0.0498. The average Bonchev–Trinajstić information content (AvgIpc) is 2.81. The van der Waals surface area contributed by atoms with E-state index in [0.29, 0.717) is 19.6 Å². The van der Waals surface area contributed by atoms with Gasteiger partial charge in [-0.3, -0.25) is 0 Å². The summed E-state index contributed by atoms with van der Waals surface area (Å²) in [4.78, 5) is 11.3. The van der Waals surface area contributed by atoms with E-state index in [4.69, 9.17) is 18.9 Å². The molecule has 174 valence electrons. The Morgan fingerprint density at radius 1 is 0.758 bits per heavy atom. The molecule has 0 heterocycles. The predicted molar refractivity (Wildman–Crippen MR) is 126 cm³/mol. The molecule has 6 heteroatoms. The Kier molecular flexibility index (Phi) is 9.15. The number of hydrogen-bond donors (Lipinski definition) is 1. The molecule has 0 saturated heterocycles. The number of para-hydroxylation sites is 1. The molecule has 33 heavy (non-hydrogen) atoms.